The van der Waals surface area contributed by atoms with Crippen molar-refractivity contribution in [1.82, 2.24) is 5.32 Å². The lowest BCUT2D eigenvalue weighted by molar-refractivity contribution is -0.115. The predicted octanol–water partition coefficient (Wildman–Crippen LogP) is 3.39. The lowest BCUT2D eigenvalue weighted by atomic mass is 10.1. The van der Waals surface area contributed by atoms with Crippen LogP contribution in [-0.2, 0) is 4.79 Å². The number of rotatable bonds is 5. The van der Waals surface area contributed by atoms with Crippen molar-refractivity contribution in [2.75, 3.05) is 11.9 Å². The van der Waals surface area contributed by atoms with Crippen molar-refractivity contribution in [3.63, 3.8) is 0 Å². The molecule has 0 radical (unpaired) electrons. The second-order valence-electron chi connectivity index (χ2n) is 4.83. The van der Waals surface area contributed by atoms with Crippen LogP contribution in [0.25, 0.3) is 0 Å². The molecule has 0 fully saturated rings. The quantitative estimate of drug-likeness (QED) is 0.889. The minimum Gasteiger partial charge on any atom is -0.325 e. The van der Waals surface area contributed by atoms with Crippen molar-refractivity contribution >= 4 is 11.6 Å². The van der Waals surface area contributed by atoms with Crippen LogP contribution in [0.5, 0.6) is 0 Å². The minimum absolute atomic E-state index is 0.0163. The average Bonchev–Trinajstić information content (AvgIpc) is 2.50. The van der Waals surface area contributed by atoms with Gasteiger partial charge in [0.25, 0.3) is 0 Å². The van der Waals surface area contributed by atoms with Gasteiger partial charge in [0.05, 0.1) is 6.54 Å². The largest absolute Gasteiger partial charge is 0.325 e. The van der Waals surface area contributed by atoms with Gasteiger partial charge in [0, 0.05) is 11.7 Å². The molecule has 2 aromatic rings. The summed E-state index contributed by atoms with van der Waals surface area (Å²) in [6.45, 7) is 1.72. The van der Waals surface area contributed by atoms with Gasteiger partial charge in [-0.2, -0.15) is 0 Å². The Morgan fingerprint density at radius 1 is 1.05 bits per heavy atom. The molecule has 0 spiro atoms. The van der Waals surface area contributed by atoms with Gasteiger partial charge in [-0.3, -0.25) is 4.79 Å². The second kappa shape index (κ2) is 7.09. The first kappa shape index (κ1) is 16.0. The zero-order valence-electron chi connectivity index (χ0n) is 11.9. The Balaban J connectivity index is 1.87. The Kier molecular flexibility index (Phi) is 5.16. The molecule has 0 saturated carbocycles. The molecule has 0 aromatic heterocycles. The van der Waals surface area contributed by atoms with E-state index in [2.05, 4.69) is 10.6 Å². The zero-order chi connectivity index (χ0) is 16.1. The third-order valence-corrected chi connectivity index (χ3v) is 3.14. The zero-order valence-corrected chi connectivity index (χ0v) is 11.9. The van der Waals surface area contributed by atoms with Crippen LogP contribution in [0.3, 0.4) is 0 Å². The molecule has 0 aliphatic rings. The van der Waals surface area contributed by atoms with Gasteiger partial charge in [0.15, 0.2) is 11.6 Å². The number of carbonyl (C=O) groups excluding carboxylic acids is 1. The van der Waals surface area contributed by atoms with E-state index in [-0.39, 0.29) is 24.3 Å². The van der Waals surface area contributed by atoms with E-state index in [0.717, 1.165) is 12.1 Å². The number of hydrogen-bond donors (Lipinski definition) is 2. The molecule has 0 unspecified atom stereocenters. The summed E-state index contributed by atoms with van der Waals surface area (Å²) in [5.41, 5.74) is 1.02. The van der Waals surface area contributed by atoms with E-state index in [4.69, 9.17) is 0 Å². The number of carbonyl (C=O) groups is 1. The summed E-state index contributed by atoms with van der Waals surface area (Å²) in [6, 6.07) is 8.65. The molecule has 0 saturated heterocycles. The van der Waals surface area contributed by atoms with Crippen LogP contribution in [0.2, 0.25) is 0 Å². The normalized spacial score (nSPS) is 12.0. The summed E-state index contributed by atoms with van der Waals surface area (Å²) >= 11 is 0. The number of halogens is 3. The van der Waals surface area contributed by atoms with Crippen LogP contribution in [0.1, 0.15) is 18.5 Å². The molecule has 1 amide bonds. The SMILES string of the molecule is C[C@H](NCC(=O)Nc1ccc(F)cc1)c1ccc(F)c(F)c1. The number of anilines is 1. The van der Waals surface area contributed by atoms with Crippen LogP contribution in [0.4, 0.5) is 18.9 Å². The summed E-state index contributed by atoms with van der Waals surface area (Å²) in [7, 11) is 0. The van der Waals surface area contributed by atoms with Crippen molar-refractivity contribution < 1.29 is 18.0 Å². The van der Waals surface area contributed by atoms with E-state index in [9.17, 15) is 18.0 Å². The topological polar surface area (TPSA) is 41.1 Å². The molecule has 6 heteroatoms. The Labute approximate surface area is 126 Å². The molecule has 0 bridgehead atoms. The summed E-state index contributed by atoms with van der Waals surface area (Å²) in [6.07, 6.45) is 0. The molecule has 0 aliphatic heterocycles. The van der Waals surface area contributed by atoms with Crippen molar-refractivity contribution in [2.24, 2.45) is 0 Å². The molecule has 0 heterocycles. The lowest BCUT2D eigenvalue weighted by Crippen LogP contribution is -2.30. The van der Waals surface area contributed by atoms with E-state index in [1.165, 1.54) is 30.3 Å². The standard InChI is InChI=1S/C16H15F3N2O/c1-10(11-2-7-14(18)15(19)8-11)20-9-16(22)21-13-5-3-12(17)4-6-13/h2-8,10,20H,9H2,1H3,(H,21,22)/t10-/m0/s1. The number of nitrogens with one attached hydrogen (secondary N) is 2. The molecule has 3 nitrogen and oxygen atoms in total. The highest BCUT2D eigenvalue weighted by atomic mass is 19.2. The van der Waals surface area contributed by atoms with Gasteiger partial charge < -0.3 is 10.6 Å². The summed E-state index contributed by atoms with van der Waals surface area (Å²) < 4.78 is 38.8. The van der Waals surface area contributed by atoms with Gasteiger partial charge in [0.2, 0.25) is 5.91 Å². The molecule has 2 aromatic carbocycles. The van der Waals surface area contributed by atoms with Gasteiger partial charge in [0.1, 0.15) is 5.82 Å². The molecule has 1 atom stereocenters. The van der Waals surface area contributed by atoms with Gasteiger partial charge >= 0.3 is 0 Å². The maximum absolute atomic E-state index is 13.1. The fourth-order valence-corrected chi connectivity index (χ4v) is 1.88. The molecule has 22 heavy (non-hydrogen) atoms. The minimum atomic E-state index is -0.929. The van der Waals surface area contributed by atoms with Crippen molar-refractivity contribution in [1.29, 1.82) is 0 Å². The van der Waals surface area contributed by atoms with E-state index in [0.29, 0.717) is 11.3 Å². The first-order valence-corrected chi connectivity index (χ1v) is 6.69. The number of amides is 1. The Hall–Kier alpha value is -2.34. The molecule has 0 aliphatic carbocycles. The van der Waals surface area contributed by atoms with Crippen molar-refractivity contribution in [3.8, 4) is 0 Å². The van der Waals surface area contributed by atoms with Crippen molar-refractivity contribution in [2.45, 2.75) is 13.0 Å². The molecule has 2 rings (SSSR count). The van der Waals surface area contributed by atoms with E-state index >= 15 is 0 Å². The Morgan fingerprint density at radius 2 is 1.73 bits per heavy atom. The first-order chi connectivity index (χ1) is 10.5. The molecule has 116 valence electrons. The average molecular weight is 308 g/mol. The monoisotopic (exact) mass is 308 g/mol. The fraction of sp³-hybridized carbons (Fsp3) is 0.188. The summed E-state index contributed by atoms with van der Waals surface area (Å²) in [5.74, 6) is -2.55. The van der Waals surface area contributed by atoms with Gasteiger partial charge in [-0.15, -0.1) is 0 Å². The highest BCUT2D eigenvalue weighted by molar-refractivity contribution is 5.92. The van der Waals surface area contributed by atoms with E-state index < -0.39 is 11.6 Å². The Bertz CT molecular complexity index is 659. The highest BCUT2D eigenvalue weighted by Gasteiger charge is 2.10. The van der Waals surface area contributed by atoms with Crippen LogP contribution < -0.4 is 10.6 Å². The molecular formula is C16H15F3N2O. The van der Waals surface area contributed by atoms with Gasteiger partial charge in [-0.25, -0.2) is 13.2 Å². The number of benzene rings is 2. The third kappa shape index (κ3) is 4.33. The fourth-order valence-electron chi connectivity index (χ4n) is 1.88. The number of hydrogen-bond acceptors (Lipinski definition) is 2. The molecular weight excluding hydrogens is 293 g/mol. The van der Waals surface area contributed by atoms with Crippen LogP contribution in [0, 0.1) is 17.5 Å². The smallest absolute Gasteiger partial charge is 0.238 e. The van der Waals surface area contributed by atoms with E-state index in [1.807, 2.05) is 0 Å². The summed E-state index contributed by atoms with van der Waals surface area (Å²) in [4.78, 5) is 11.8. The highest BCUT2D eigenvalue weighted by Crippen LogP contribution is 2.15. The maximum atomic E-state index is 13.1. The van der Waals surface area contributed by atoms with E-state index in [1.54, 1.807) is 6.92 Å². The van der Waals surface area contributed by atoms with Crippen LogP contribution in [-0.4, -0.2) is 12.5 Å². The van der Waals surface area contributed by atoms with Gasteiger partial charge in [-0.1, -0.05) is 6.07 Å². The second-order valence-corrected chi connectivity index (χ2v) is 4.83. The molecule has 2 N–H and O–H groups in total. The van der Waals surface area contributed by atoms with Crippen LogP contribution >= 0.6 is 0 Å². The third-order valence-electron chi connectivity index (χ3n) is 3.14. The maximum Gasteiger partial charge on any atom is 0.238 e. The van der Waals surface area contributed by atoms with Crippen LogP contribution in [0.15, 0.2) is 42.5 Å². The van der Waals surface area contributed by atoms with Gasteiger partial charge in [-0.05, 0) is 48.9 Å². The lowest BCUT2D eigenvalue weighted by Gasteiger charge is -2.14. The van der Waals surface area contributed by atoms with Crippen molar-refractivity contribution in [3.05, 3.63) is 65.5 Å². The summed E-state index contributed by atoms with van der Waals surface area (Å²) in [5, 5.41) is 5.50. The first-order valence-electron chi connectivity index (χ1n) is 6.69. The Morgan fingerprint density at radius 3 is 2.36 bits per heavy atom. The predicted molar refractivity (Wildman–Crippen MR) is 77.8 cm³/mol.